The van der Waals surface area contributed by atoms with Gasteiger partial charge >= 0.3 is 0 Å². The summed E-state index contributed by atoms with van der Waals surface area (Å²) in [6.07, 6.45) is 0. The summed E-state index contributed by atoms with van der Waals surface area (Å²) < 4.78 is 8.67. The van der Waals surface area contributed by atoms with Crippen LogP contribution in [0.25, 0.3) is 0 Å². The molecular formula is C22H20BrCl2N5O2S. The number of primary amides is 1. The number of allylic oxidation sites excluding steroid dienone is 1. The molecule has 7 nitrogen and oxygen atoms in total. The van der Waals surface area contributed by atoms with Gasteiger partial charge in [0.05, 0.1) is 5.57 Å². The van der Waals surface area contributed by atoms with Gasteiger partial charge in [-0.15, -0.1) is 5.10 Å². The van der Waals surface area contributed by atoms with E-state index < -0.39 is 11.9 Å². The fraction of sp³-hybridized carbons (Fsp3) is 0.227. The highest BCUT2D eigenvalue weighted by Gasteiger charge is 2.35. The van der Waals surface area contributed by atoms with Crippen molar-refractivity contribution in [2.75, 3.05) is 11.1 Å². The average Bonchev–Trinajstić information content (AvgIpc) is 3.14. The van der Waals surface area contributed by atoms with Crippen molar-refractivity contribution in [1.29, 1.82) is 0 Å². The third-order valence-corrected chi connectivity index (χ3v) is 6.84. The molecule has 33 heavy (non-hydrogen) atoms. The molecule has 0 fully saturated rings. The Hall–Kier alpha value is -2.20. The van der Waals surface area contributed by atoms with Gasteiger partial charge in [0.25, 0.3) is 0 Å². The molecule has 4 rings (SSSR count). The van der Waals surface area contributed by atoms with Gasteiger partial charge in [0.2, 0.25) is 17.0 Å². The third-order valence-electron chi connectivity index (χ3n) is 5.04. The number of anilines is 1. The highest BCUT2D eigenvalue weighted by molar-refractivity contribution is 9.10. The molecule has 11 heteroatoms. The van der Waals surface area contributed by atoms with E-state index in [1.807, 2.05) is 31.2 Å². The van der Waals surface area contributed by atoms with Gasteiger partial charge in [-0.1, -0.05) is 63.9 Å². The van der Waals surface area contributed by atoms with E-state index >= 15 is 0 Å². The molecule has 1 unspecified atom stereocenters. The third kappa shape index (κ3) is 5.01. The fourth-order valence-corrected chi connectivity index (χ4v) is 4.98. The fourth-order valence-electron chi connectivity index (χ4n) is 3.59. The minimum atomic E-state index is -0.620. The zero-order chi connectivity index (χ0) is 23.7. The maximum atomic E-state index is 12.5. The molecule has 1 aromatic heterocycles. The molecule has 2 heterocycles. The van der Waals surface area contributed by atoms with Crippen LogP contribution in [-0.4, -0.2) is 26.4 Å². The maximum absolute atomic E-state index is 12.5. The van der Waals surface area contributed by atoms with Crippen molar-refractivity contribution in [2.45, 2.75) is 31.7 Å². The van der Waals surface area contributed by atoms with Crippen molar-refractivity contribution in [3.05, 3.63) is 73.3 Å². The lowest BCUT2D eigenvalue weighted by atomic mass is 9.94. The highest BCUT2D eigenvalue weighted by atomic mass is 79.9. The number of hydrogen-bond acceptors (Lipinski definition) is 6. The topological polar surface area (TPSA) is 95.1 Å². The predicted molar refractivity (Wildman–Crippen MR) is 135 cm³/mol. The Bertz CT molecular complexity index is 1260. The van der Waals surface area contributed by atoms with E-state index in [-0.39, 0.29) is 6.61 Å². The molecule has 0 spiro atoms. The number of amides is 1. The number of hydrogen-bond donors (Lipinski definition) is 2. The van der Waals surface area contributed by atoms with E-state index in [1.165, 1.54) is 11.8 Å². The molecule has 2 aromatic carbocycles. The number of nitrogens with zero attached hydrogens (tertiary/aromatic N) is 3. The van der Waals surface area contributed by atoms with Crippen molar-refractivity contribution >= 4 is 62.7 Å². The number of benzene rings is 2. The second kappa shape index (κ2) is 9.97. The summed E-state index contributed by atoms with van der Waals surface area (Å²) in [6, 6.07) is 10.2. The Kier molecular flexibility index (Phi) is 7.23. The van der Waals surface area contributed by atoms with Gasteiger partial charge in [0.15, 0.2) is 0 Å². The van der Waals surface area contributed by atoms with Crippen molar-refractivity contribution in [2.24, 2.45) is 5.73 Å². The number of carbonyl (C=O) groups is 1. The van der Waals surface area contributed by atoms with Gasteiger partial charge < -0.3 is 15.8 Å². The molecule has 0 aliphatic carbocycles. The van der Waals surface area contributed by atoms with Gasteiger partial charge in [-0.3, -0.25) is 4.79 Å². The highest BCUT2D eigenvalue weighted by Crippen LogP contribution is 2.41. The van der Waals surface area contributed by atoms with Crippen LogP contribution in [0.15, 0.2) is 57.3 Å². The Morgan fingerprint density at radius 2 is 2.09 bits per heavy atom. The maximum Gasteiger partial charge on any atom is 0.248 e. The van der Waals surface area contributed by atoms with Crippen LogP contribution in [0.1, 0.15) is 31.0 Å². The van der Waals surface area contributed by atoms with Gasteiger partial charge in [0, 0.05) is 31.3 Å². The zero-order valence-electron chi connectivity index (χ0n) is 17.7. The molecule has 3 aromatic rings. The molecule has 0 saturated carbocycles. The Labute approximate surface area is 213 Å². The van der Waals surface area contributed by atoms with E-state index in [9.17, 15) is 4.79 Å². The van der Waals surface area contributed by atoms with E-state index in [4.69, 9.17) is 33.7 Å². The number of aromatic nitrogens is 3. The predicted octanol–water partition coefficient (Wildman–Crippen LogP) is 5.81. The van der Waals surface area contributed by atoms with Crippen LogP contribution in [0.5, 0.6) is 5.75 Å². The molecule has 0 radical (unpaired) electrons. The summed E-state index contributed by atoms with van der Waals surface area (Å²) in [6.45, 7) is 4.03. The summed E-state index contributed by atoms with van der Waals surface area (Å²) in [5.74, 6) is 1.36. The van der Waals surface area contributed by atoms with E-state index in [0.29, 0.717) is 43.7 Å². The molecule has 1 amide bonds. The number of nitrogens with two attached hydrogens (primary N) is 1. The van der Waals surface area contributed by atoms with Crippen molar-refractivity contribution < 1.29 is 9.53 Å². The average molecular weight is 569 g/mol. The van der Waals surface area contributed by atoms with Crippen molar-refractivity contribution in [3.63, 3.8) is 0 Å². The number of ether oxygens (including phenoxy) is 1. The van der Waals surface area contributed by atoms with E-state index in [2.05, 4.69) is 31.3 Å². The van der Waals surface area contributed by atoms with Crippen molar-refractivity contribution in [1.82, 2.24) is 14.8 Å². The van der Waals surface area contributed by atoms with Crippen LogP contribution in [0.4, 0.5) is 5.95 Å². The summed E-state index contributed by atoms with van der Waals surface area (Å²) in [5, 5.41) is 9.45. The van der Waals surface area contributed by atoms with Crippen LogP contribution >= 0.6 is 50.9 Å². The van der Waals surface area contributed by atoms with Crippen LogP contribution in [0, 0.1) is 0 Å². The van der Waals surface area contributed by atoms with Gasteiger partial charge in [-0.25, -0.2) is 4.68 Å². The zero-order valence-corrected chi connectivity index (χ0v) is 21.6. The first kappa shape index (κ1) is 23.9. The molecule has 1 aliphatic rings. The molecule has 0 bridgehead atoms. The van der Waals surface area contributed by atoms with E-state index in [1.54, 1.807) is 23.7 Å². The molecule has 1 atom stereocenters. The lowest BCUT2D eigenvalue weighted by molar-refractivity contribution is -0.115. The minimum absolute atomic E-state index is 0.214. The second-order valence-electron chi connectivity index (χ2n) is 7.23. The van der Waals surface area contributed by atoms with Crippen LogP contribution in [0.2, 0.25) is 10.0 Å². The monoisotopic (exact) mass is 567 g/mol. The Morgan fingerprint density at radius 3 is 2.79 bits per heavy atom. The summed E-state index contributed by atoms with van der Waals surface area (Å²) >= 11 is 17.4. The largest absolute Gasteiger partial charge is 0.488 e. The number of carbonyl (C=O) groups excluding carboxylic acids is 1. The summed E-state index contributed by atoms with van der Waals surface area (Å²) in [4.78, 5) is 17.1. The lowest BCUT2D eigenvalue weighted by Crippen LogP contribution is -2.32. The molecule has 3 N–H and O–H groups in total. The Balaban J connectivity index is 1.79. The number of nitrogens with one attached hydrogen (secondary N) is 1. The lowest BCUT2D eigenvalue weighted by Gasteiger charge is -2.29. The first-order valence-corrected chi connectivity index (χ1v) is 12.5. The van der Waals surface area contributed by atoms with Crippen molar-refractivity contribution in [3.8, 4) is 5.75 Å². The van der Waals surface area contributed by atoms with Crippen LogP contribution < -0.4 is 15.8 Å². The summed E-state index contributed by atoms with van der Waals surface area (Å²) in [7, 11) is 0. The minimum Gasteiger partial charge on any atom is -0.488 e. The number of fused-ring (bicyclic) bond motifs is 1. The van der Waals surface area contributed by atoms with E-state index in [0.717, 1.165) is 15.8 Å². The smallest absolute Gasteiger partial charge is 0.248 e. The standard InChI is InChI=1S/C22H20BrCl2N5O2S/c1-3-33-22-28-21-27-11(2)18(20(26)31)19(30(21)29-22)15-8-13(23)5-7-17(15)32-10-12-4-6-14(24)9-16(12)25/h4-9,19H,3,10H2,1-2H3,(H2,26,31)(H,27,28,29). The Morgan fingerprint density at radius 1 is 1.30 bits per heavy atom. The summed E-state index contributed by atoms with van der Waals surface area (Å²) in [5.41, 5.74) is 8.30. The van der Waals surface area contributed by atoms with Gasteiger partial charge in [0.1, 0.15) is 18.4 Å². The first-order valence-electron chi connectivity index (χ1n) is 10.0. The molecular weight excluding hydrogens is 549 g/mol. The normalized spacial score (nSPS) is 15.2. The first-order chi connectivity index (χ1) is 15.8. The number of rotatable bonds is 7. The van der Waals surface area contributed by atoms with Gasteiger partial charge in [-0.2, -0.15) is 4.98 Å². The number of halogens is 3. The molecule has 0 saturated heterocycles. The quantitative estimate of drug-likeness (QED) is 0.349. The molecule has 1 aliphatic heterocycles. The van der Waals surface area contributed by atoms with Crippen LogP contribution in [-0.2, 0) is 11.4 Å². The number of thioether (sulfide) groups is 1. The second-order valence-corrected chi connectivity index (χ2v) is 10.2. The van der Waals surface area contributed by atoms with Gasteiger partial charge in [-0.05, 0) is 43.0 Å². The molecule has 172 valence electrons. The van der Waals surface area contributed by atoms with Crippen LogP contribution in [0.3, 0.4) is 0 Å². The SMILES string of the molecule is CCSc1nc2n(n1)C(c1cc(Br)ccc1OCc1ccc(Cl)cc1Cl)C(C(N)=O)=C(C)N2.